The smallest absolute Gasteiger partial charge is 0.255 e. The minimum Gasteiger partial charge on any atom is -0.360 e. The number of rotatable bonds is 5. The van der Waals surface area contributed by atoms with Crippen molar-refractivity contribution >= 4 is 33.6 Å². The summed E-state index contributed by atoms with van der Waals surface area (Å²) in [6.45, 7) is 6.24. The number of nitrogens with zero attached hydrogens (tertiary/aromatic N) is 4. The maximum absolute atomic E-state index is 13.1. The summed E-state index contributed by atoms with van der Waals surface area (Å²) >= 11 is 3.48. The molecule has 1 saturated heterocycles. The van der Waals surface area contributed by atoms with E-state index in [0.29, 0.717) is 49.0 Å². The second kappa shape index (κ2) is 9.62. The largest absolute Gasteiger partial charge is 0.360 e. The molecule has 3 aromatic rings. The molecule has 2 amide bonds. The third kappa shape index (κ3) is 5.23. The van der Waals surface area contributed by atoms with E-state index in [0.717, 1.165) is 15.7 Å². The fraction of sp³-hybridized carbons (Fsp3) is 0.304. The number of aromatic nitrogens is 2. The van der Waals surface area contributed by atoms with Crippen molar-refractivity contribution in [2.75, 3.05) is 38.0 Å². The number of anilines is 1. The maximum Gasteiger partial charge on any atom is 0.255 e. The lowest BCUT2D eigenvalue weighted by Gasteiger charge is -2.34. The molecule has 0 unspecified atom stereocenters. The standard InChI is InChI=1S/C23H24BrN5O3/c1-15-12-21(27-32-15)26-22(30)14-28-8-10-29(11-9-28)23(31)19-6-7-20(25-16(19)2)17-4-3-5-18(24)13-17/h3-7,12-13H,8-11,14H2,1-2H3,(H,26,27,30). The molecule has 1 aromatic carbocycles. The van der Waals surface area contributed by atoms with E-state index in [2.05, 4.69) is 31.4 Å². The van der Waals surface area contributed by atoms with Crippen LogP contribution in [0.25, 0.3) is 11.3 Å². The van der Waals surface area contributed by atoms with Gasteiger partial charge in [-0.15, -0.1) is 0 Å². The van der Waals surface area contributed by atoms with Crippen LogP contribution in [0.15, 0.2) is 51.5 Å². The summed E-state index contributed by atoms with van der Waals surface area (Å²) in [5.74, 6) is 0.872. The van der Waals surface area contributed by atoms with Crippen LogP contribution in [-0.2, 0) is 4.79 Å². The monoisotopic (exact) mass is 497 g/mol. The number of piperazine rings is 1. The zero-order valence-corrected chi connectivity index (χ0v) is 19.6. The van der Waals surface area contributed by atoms with Crippen molar-refractivity contribution in [3.63, 3.8) is 0 Å². The van der Waals surface area contributed by atoms with Gasteiger partial charge in [0.2, 0.25) is 5.91 Å². The molecule has 0 aliphatic carbocycles. The van der Waals surface area contributed by atoms with Gasteiger partial charge in [0.1, 0.15) is 5.76 Å². The third-order valence-corrected chi connectivity index (χ3v) is 5.85. The summed E-state index contributed by atoms with van der Waals surface area (Å²) in [6.07, 6.45) is 0. The van der Waals surface area contributed by atoms with Gasteiger partial charge in [-0.1, -0.05) is 33.2 Å². The first kappa shape index (κ1) is 22.2. The number of nitrogens with one attached hydrogen (secondary N) is 1. The lowest BCUT2D eigenvalue weighted by Crippen LogP contribution is -2.50. The van der Waals surface area contributed by atoms with Crippen LogP contribution in [0.3, 0.4) is 0 Å². The predicted molar refractivity (Wildman–Crippen MR) is 124 cm³/mol. The SMILES string of the molecule is Cc1cc(NC(=O)CN2CCN(C(=O)c3ccc(-c4cccc(Br)c4)nc3C)CC2)no1. The van der Waals surface area contributed by atoms with Crippen LogP contribution in [0.5, 0.6) is 0 Å². The molecule has 0 saturated carbocycles. The topological polar surface area (TPSA) is 91.6 Å². The molecule has 8 nitrogen and oxygen atoms in total. The summed E-state index contributed by atoms with van der Waals surface area (Å²) in [4.78, 5) is 33.8. The lowest BCUT2D eigenvalue weighted by atomic mass is 10.1. The number of aryl methyl sites for hydroxylation is 2. The highest BCUT2D eigenvalue weighted by Crippen LogP contribution is 2.23. The molecule has 0 bridgehead atoms. The van der Waals surface area contributed by atoms with E-state index in [1.54, 1.807) is 13.0 Å². The van der Waals surface area contributed by atoms with E-state index in [1.807, 2.05) is 53.1 Å². The number of hydrogen-bond donors (Lipinski definition) is 1. The average Bonchev–Trinajstić information content (AvgIpc) is 3.18. The number of carbonyl (C=O) groups excluding carboxylic acids is 2. The normalized spacial score (nSPS) is 14.4. The minimum atomic E-state index is -0.152. The van der Waals surface area contributed by atoms with Gasteiger partial charge in [0.05, 0.1) is 23.5 Å². The number of carbonyl (C=O) groups is 2. The van der Waals surface area contributed by atoms with Crippen molar-refractivity contribution in [1.82, 2.24) is 19.9 Å². The first-order chi connectivity index (χ1) is 15.4. The van der Waals surface area contributed by atoms with E-state index in [-0.39, 0.29) is 18.4 Å². The number of halogens is 1. The first-order valence-corrected chi connectivity index (χ1v) is 11.2. The van der Waals surface area contributed by atoms with Crippen LogP contribution in [-0.4, -0.2) is 64.5 Å². The number of pyridine rings is 1. The second-order valence-corrected chi connectivity index (χ2v) is 8.69. The molecule has 9 heteroatoms. The average molecular weight is 498 g/mol. The molecule has 0 atom stereocenters. The predicted octanol–water partition coefficient (Wildman–Crippen LogP) is 3.51. The van der Waals surface area contributed by atoms with Gasteiger partial charge in [-0.3, -0.25) is 19.5 Å². The lowest BCUT2D eigenvalue weighted by molar-refractivity contribution is -0.117. The summed E-state index contributed by atoms with van der Waals surface area (Å²) in [6, 6.07) is 13.3. The Morgan fingerprint density at radius 1 is 1.09 bits per heavy atom. The van der Waals surface area contributed by atoms with Crippen molar-refractivity contribution in [2.24, 2.45) is 0 Å². The van der Waals surface area contributed by atoms with Gasteiger partial charge in [-0.25, -0.2) is 0 Å². The molecule has 1 fully saturated rings. The van der Waals surface area contributed by atoms with Crippen molar-refractivity contribution in [3.05, 3.63) is 64.0 Å². The van der Waals surface area contributed by atoms with Crippen LogP contribution >= 0.6 is 15.9 Å². The molecule has 1 aliphatic heterocycles. The van der Waals surface area contributed by atoms with Gasteiger partial charge >= 0.3 is 0 Å². The molecule has 166 valence electrons. The Labute approximate surface area is 194 Å². The van der Waals surface area contributed by atoms with E-state index in [1.165, 1.54) is 0 Å². The third-order valence-electron chi connectivity index (χ3n) is 5.36. The maximum atomic E-state index is 13.1. The highest BCUT2D eigenvalue weighted by molar-refractivity contribution is 9.10. The van der Waals surface area contributed by atoms with E-state index in [9.17, 15) is 9.59 Å². The molecule has 1 aliphatic rings. The summed E-state index contributed by atoms with van der Waals surface area (Å²) < 4.78 is 5.94. The fourth-order valence-corrected chi connectivity index (χ4v) is 4.09. The highest BCUT2D eigenvalue weighted by Gasteiger charge is 2.25. The van der Waals surface area contributed by atoms with Crippen LogP contribution < -0.4 is 5.32 Å². The Morgan fingerprint density at radius 3 is 2.53 bits per heavy atom. The molecule has 0 radical (unpaired) electrons. The van der Waals surface area contributed by atoms with Gasteiger partial charge in [0.15, 0.2) is 5.82 Å². The molecule has 3 heterocycles. The Balaban J connectivity index is 1.33. The van der Waals surface area contributed by atoms with Crippen LogP contribution in [0.1, 0.15) is 21.8 Å². The number of hydrogen-bond acceptors (Lipinski definition) is 6. The Hall–Kier alpha value is -3.04. The van der Waals surface area contributed by atoms with Gasteiger partial charge in [-0.2, -0.15) is 0 Å². The molecule has 1 N–H and O–H groups in total. The van der Waals surface area contributed by atoms with Gasteiger partial charge in [0.25, 0.3) is 5.91 Å². The fourth-order valence-electron chi connectivity index (χ4n) is 3.69. The first-order valence-electron chi connectivity index (χ1n) is 10.4. The zero-order valence-electron chi connectivity index (χ0n) is 18.0. The van der Waals surface area contributed by atoms with Crippen molar-refractivity contribution in [3.8, 4) is 11.3 Å². The molecule has 32 heavy (non-hydrogen) atoms. The van der Waals surface area contributed by atoms with Gasteiger partial charge in [-0.05, 0) is 38.1 Å². The van der Waals surface area contributed by atoms with Gasteiger partial charge < -0.3 is 14.7 Å². The Kier molecular flexibility index (Phi) is 6.66. The Bertz CT molecular complexity index is 1140. The van der Waals surface area contributed by atoms with E-state index in [4.69, 9.17) is 4.52 Å². The van der Waals surface area contributed by atoms with Gasteiger partial charge in [0, 0.05) is 42.3 Å². The summed E-state index contributed by atoms with van der Waals surface area (Å²) in [5.41, 5.74) is 3.14. The van der Waals surface area contributed by atoms with E-state index < -0.39 is 0 Å². The van der Waals surface area contributed by atoms with Crippen LogP contribution in [0.4, 0.5) is 5.82 Å². The minimum absolute atomic E-state index is 0.0297. The molecule has 4 rings (SSSR count). The van der Waals surface area contributed by atoms with E-state index >= 15 is 0 Å². The molecule has 2 aromatic heterocycles. The second-order valence-electron chi connectivity index (χ2n) is 7.78. The van der Waals surface area contributed by atoms with Crippen molar-refractivity contribution in [1.29, 1.82) is 0 Å². The Morgan fingerprint density at radius 2 is 1.88 bits per heavy atom. The molecular weight excluding hydrogens is 474 g/mol. The van der Waals surface area contributed by atoms with Crippen LogP contribution in [0, 0.1) is 13.8 Å². The highest BCUT2D eigenvalue weighted by atomic mass is 79.9. The summed E-state index contributed by atoms with van der Waals surface area (Å²) in [5, 5.41) is 6.49. The molecule has 0 spiro atoms. The molecular formula is C23H24BrN5O3. The number of amides is 2. The summed E-state index contributed by atoms with van der Waals surface area (Å²) in [7, 11) is 0. The zero-order chi connectivity index (χ0) is 22.7. The van der Waals surface area contributed by atoms with Crippen molar-refractivity contribution < 1.29 is 14.1 Å². The van der Waals surface area contributed by atoms with Crippen LogP contribution in [0.2, 0.25) is 0 Å². The quantitative estimate of drug-likeness (QED) is 0.579. The number of benzene rings is 1. The van der Waals surface area contributed by atoms with Crippen molar-refractivity contribution in [2.45, 2.75) is 13.8 Å².